The first-order chi connectivity index (χ1) is 12.7. The van der Waals surface area contributed by atoms with Crippen LogP contribution in [0.1, 0.15) is 9.67 Å². The molecular weight excluding hydrogens is 414 g/mol. The lowest BCUT2D eigenvalue weighted by Gasteiger charge is -2.04. The molecule has 0 spiro atoms. The van der Waals surface area contributed by atoms with Crippen LogP contribution < -0.4 is 5.32 Å². The van der Waals surface area contributed by atoms with Gasteiger partial charge in [0, 0.05) is 16.8 Å². The fourth-order valence-electron chi connectivity index (χ4n) is 2.36. The maximum atomic E-state index is 12.2. The quantitative estimate of drug-likeness (QED) is 0.469. The van der Waals surface area contributed by atoms with Gasteiger partial charge in [-0.15, -0.1) is 21.5 Å². The molecule has 0 fully saturated rings. The van der Waals surface area contributed by atoms with Crippen LogP contribution in [0.15, 0.2) is 74.9 Å². The zero-order chi connectivity index (χ0) is 17.9. The van der Waals surface area contributed by atoms with E-state index in [0.29, 0.717) is 22.3 Å². The van der Waals surface area contributed by atoms with Crippen LogP contribution in [0.4, 0.5) is 5.69 Å². The minimum atomic E-state index is -0.141. The molecule has 0 aliphatic carbocycles. The fourth-order valence-corrected chi connectivity index (χ4v) is 3.64. The van der Waals surface area contributed by atoms with Gasteiger partial charge in [-0.25, -0.2) is 0 Å². The van der Waals surface area contributed by atoms with Gasteiger partial charge in [0.1, 0.15) is 0 Å². The summed E-state index contributed by atoms with van der Waals surface area (Å²) in [7, 11) is 0. The van der Waals surface area contributed by atoms with Gasteiger partial charge < -0.3 is 9.73 Å². The SMILES string of the molecule is O=C(Nc1ccc(-c2nnc(-c3ccccc3)o2)cc1)c1ccc(Br)s1. The van der Waals surface area contributed by atoms with Gasteiger partial charge in [-0.05, 0) is 64.5 Å². The average Bonchev–Trinajstić information content (AvgIpc) is 3.32. The third-order valence-electron chi connectivity index (χ3n) is 3.63. The number of nitrogens with zero attached hydrogens (tertiary/aromatic N) is 2. The van der Waals surface area contributed by atoms with Crippen molar-refractivity contribution in [2.75, 3.05) is 5.32 Å². The molecule has 5 nitrogen and oxygen atoms in total. The number of hydrogen-bond acceptors (Lipinski definition) is 5. The van der Waals surface area contributed by atoms with Crippen molar-refractivity contribution in [1.29, 1.82) is 0 Å². The van der Waals surface area contributed by atoms with Crippen molar-refractivity contribution >= 4 is 38.9 Å². The Morgan fingerprint density at radius 2 is 1.54 bits per heavy atom. The van der Waals surface area contributed by atoms with Crippen molar-refractivity contribution in [3.05, 3.63) is 75.4 Å². The standard InChI is InChI=1S/C19H12BrN3O2S/c20-16-11-10-15(26-16)17(24)21-14-8-6-13(7-9-14)19-23-22-18(25-19)12-4-2-1-3-5-12/h1-11H,(H,21,24). The summed E-state index contributed by atoms with van der Waals surface area (Å²) in [5.41, 5.74) is 2.36. The molecule has 2 aromatic heterocycles. The summed E-state index contributed by atoms with van der Waals surface area (Å²) in [6.07, 6.45) is 0. The van der Waals surface area contributed by atoms with Gasteiger partial charge in [-0.1, -0.05) is 18.2 Å². The van der Waals surface area contributed by atoms with Crippen LogP contribution in [0.25, 0.3) is 22.9 Å². The Labute approximate surface area is 161 Å². The molecule has 4 rings (SSSR count). The highest BCUT2D eigenvalue weighted by molar-refractivity contribution is 9.11. The van der Waals surface area contributed by atoms with Gasteiger partial charge in [0.05, 0.1) is 8.66 Å². The van der Waals surface area contributed by atoms with Gasteiger partial charge in [-0.3, -0.25) is 4.79 Å². The zero-order valence-corrected chi connectivity index (χ0v) is 15.8. The molecule has 2 heterocycles. The van der Waals surface area contributed by atoms with E-state index in [0.717, 1.165) is 14.9 Å². The number of rotatable bonds is 4. The van der Waals surface area contributed by atoms with Crippen molar-refractivity contribution in [3.8, 4) is 22.9 Å². The summed E-state index contributed by atoms with van der Waals surface area (Å²) in [5.74, 6) is 0.766. The third-order valence-corrected chi connectivity index (χ3v) is 5.25. The Bertz CT molecular complexity index is 1040. The van der Waals surface area contributed by atoms with E-state index >= 15 is 0 Å². The molecule has 2 aromatic carbocycles. The van der Waals surface area contributed by atoms with Crippen LogP contribution in [-0.2, 0) is 0 Å². The zero-order valence-electron chi connectivity index (χ0n) is 13.3. The van der Waals surface area contributed by atoms with Gasteiger partial charge >= 0.3 is 0 Å². The minimum absolute atomic E-state index is 0.141. The van der Waals surface area contributed by atoms with E-state index in [2.05, 4.69) is 31.4 Å². The van der Waals surface area contributed by atoms with Gasteiger partial charge in [0.2, 0.25) is 11.8 Å². The molecule has 1 amide bonds. The minimum Gasteiger partial charge on any atom is -0.416 e. The molecule has 0 saturated heterocycles. The highest BCUT2D eigenvalue weighted by Crippen LogP contribution is 2.26. The molecule has 0 aliphatic rings. The van der Waals surface area contributed by atoms with Crippen molar-refractivity contribution in [1.82, 2.24) is 10.2 Å². The molecule has 0 unspecified atom stereocenters. The van der Waals surface area contributed by atoms with E-state index in [9.17, 15) is 4.79 Å². The number of anilines is 1. The maximum absolute atomic E-state index is 12.2. The third kappa shape index (κ3) is 3.58. The number of hydrogen-bond donors (Lipinski definition) is 1. The molecular formula is C19H12BrN3O2S. The van der Waals surface area contributed by atoms with Crippen molar-refractivity contribution < 1.29 is 9.21 Å². The molecule has 26 heavy (non-hydrogen) atoms. The summed E-state index contributed by atoms with van der Waals surface area (Å²) in [6.45, 7) is 0. The Balaban J connectivity index is 1.49. The number of thiophene rings is 1. The number of halogens is 1. The predicted molar refractivity (Wildman–Crippen MR) is 105 cm³/mol. The van der Waals surface area contributed by atoms with Crippen LogP contribution in [-0.4, -0.2) is 16.1 Å². The molecule has 128 valence electrons. The molecule has 0 bridgehead atoms. The Morgan fingerprint density at radius 3 is 2.15 bits per heavy atom. The van der Waals surface area contributed by atoms with Crippen molar-refractivity contribution in [2.24, 2.45) is 0 Å². The van der Waals surface area contributed by atoms with Crippen LogP contribution in [0.3, 0.4) is 0 Å². The van der Waals surface area contributed by atoms with E-state index in [4.69, 9.17) is 4.42 Å². The molecule has 0 aliphatic heterocycles. The first-order valence-corrected chi connectivity index (χ1v) is 9.36. The van der Waals surface area contributed by atoms with E-state index in [1.165, 1.54) is 11.3 Å². The van der Waals surface area contributed by atoms with Crippen molar-refractivity contribution in [3.63, 3.8) is 0 Å². The summed E-state index contributed by atoms with van der Waals surface area (Å²) >= 11 is 4.74. The molecule has 0 atom stereocenters. The smallest absolute Gasteiger partial charge is 0.265 e. The fraction of sp³-hybridized carbons (Fsp3) is 0. The second-order valence-electron chi connectivity index (χ2n) is 5.41. The molecule has 7 heteroatoms. The van der Waals surface area contributed by atoms with Crippen LogP contribution in [0.2, 0.25) is 0 Å². The Kier molecular flexibility index (Phi) is 4.64. The van der Waals surface area contributed by atoms with Gasteiger partial charge in [-0.2, -0.15) is 0 Å². The lowest BCUT2D eigenvalue weighted by Crippen LogP contribution is -2.09. The second kappa shape index (κ2) is 7.23. The van der Waals surface area contributed by atoms with Crippen LogP contribution >= 0.6 is 27.3 Å². The summed E-state index contributed by atoms with van der Waals surface area (Å²) in [4.78, 5) is 12.8. The highest BCUT2D eigenvalue weighted by atomic mass is 79.9. The molecule has 1 N–H and O–H groups in total. The second-order valence-corrected chi connectivity index (χ2v) is 7.88. The molecule has 0 radical (unpaired) electrons. The van der Waals surface area contributed by atoms with Crippen LogP contribution in [0, 0.1) is 0 Å². The first kappa shape index (κ1) is 16.7. The monoisotopic (exact) mass is 425 g/mol. The van der Waals surface area contributed by atoms with E-state index < -0.39 is 0 Å². The van der Waals surface area contributed by atoms with Crippen LogP contribution in [0.5, 0.6) is 0 Å². The van der Waals surface area contributed by atoms with E-state index in [-0.39, 0.29) is 5.91 Å². The van der Waals surface area contributed by atoms with Gasteiger partial charge in [0.25, 0.3) is 5.91 Å². The summed E-state index contributed by atoms with van der Waals surface area (Å²) in [6, 6.07) is 20.5. The number of nitrogens with one attached hydrogen (secondary N) is 1. The lowest BCUT2D eigenvalue weighted by atomic mass is 10.2. The largest absolute Gasteiger partial charge is 0.416 e. The number of carbonyl (C=O) groups is 1. The molecule has 0 saturated carbocycles. The number of benzene rings is 2. The maximum Gasteiger partial charge on any atom is 0.265 e. The van der Waals surface area contributed by atoms with Crippen molar-refractivity contribution in [2.45, 2.75) is 0 Å². The normalized spacial score (nSPS) is 10.7. The Morgan fingerprint density at radius 1 is 0.885 bits per heavy atom. The molecule has 4 aromatic rings. The number of carbonyl (C=O) groups excluding carboxylic acids is 1. The lowest BCUT2D eigenvalue weighted by molar-refractivity contribution is 0.103. The number of amides is 1. The number of aromatic nitrogens is 2. The van der Waals surface area contributed by atoms with Gasteiger partial charge in [0.15, 0.2) is 0 Å². The topological polar surface area (TPSA) is 68.0 Å². The van der Waals surface area contributed by atoms with E-state index in [1.807, 2.05) is 60.7 Å². The average molecular weight is 426 g/mol. The van der Waals surface area contributed by atoms with E-state index in [1.54, 1.807) is 6.07 Å². The summed E-state index contributed by atoms with van der Waals surface area (Å²) in [5, 5.41) is 11.0. The highest BCUT2D eigenvalue weighted by Gasteiger charge is 2.12. The summed E-state index contributed by atoms with van der Waals surface area (Å²) < 4.78 is 6.66. The Hall–Kier alpha value is -2.77. The first-order valence-electron chi connectivity index (χ1n) is 7.75. The predicted octanol–water partition coefficient (Wildman–Crippen LogP) is 5.48.